The molecule has 4 aromatic carbocycles. The van der Waals surface area contributed by atoms with E-state index in [-0.39, 0.29) is 31.6 Å². The van der Waals surface area contributed by atoms with Crippen LogP contribution in [0.5, 0.6) is 23.0 Å². The Kier molecular flexibility index (Phi) is 22.3. The van der Waals surface area contributed by atoms with Crippen molar-refractivity contribution in [2.45, 2.75) is 58.9 Å². The summed E-state index contributed by atoms with van der Waals surface area (Å²) in [5, 5.41) is 22.7. The van der Waals surface area contributed by atoms with Crippen LogP contribution in [0.25, 0.3) is 0 Å². The first-order chi connectivity index (χ1) is 32.3. The van der Waals surface area contributed by atoms with E-state index in [0.717, 1.165) is 11.1 Å². The van der Waals surface area contributed by atoms with Crippen molar-refractivity contribution in [2.24, 2.45) is 0 Å². The molecule has 2 atom stereocenters. The average Bonchev–Trinajstić information content (AvgIpc) is 3.75. The summed E-state index contributed by atoms with van der Waals surface area (Å²) in [6, 6.07) is 28.8. The fourth-order valence-corrected chi connectivity index (χ4v) is 8.64. The number of esters is 1. The third-order valence-electron chi connectivity index (χ3n) is 9.19. The second-order valence-electron chi connectivity index (χ2n) is 14.7. The molecule has 1 N–H and O–H groups in total. The van der Waals surface area contributed by atoms with Gasteiger partial charge in [-0.2, -0.15) is 10.5 Å². The summed E-state index contributed by atoms with van der Waals surface area (Å²) in [5.74, 6) is 1.09. The van der Waals surface area contributed by atoms with Gasteiger partial charge in [0.25, 0.3) is 5.91 Å². The predicted molar refractivity (Wildman–Crippen MR) is 253 cm³/mol. The van der Waals surface area contributed by atoms with E-state index in [1.165, 1.54) is 18.4 Å². The highest BCUT2D eigenvalue weighted by Gasteiger charge is 2.26. The van der Waals surface area contributed by atoms with Crippen molar-refractivity contribution >= 4 is 35.9 Å². The quantitative estimate of drug-likeness (QED) is 0.0427. The van der Waals surface area contributed by atoms with Gasteiger partial charge in [0.1, 0.15) is 35.2 Å². The second kappa shape index (κ2) is 28.0. The smallest absolute Gasteiger partial charge is 0.338 e. The molecule has 5 aromatic rings. The Balaban J connectivity index is 0.000000316. The molecule has 0 radical (unpaired) electrons. The Hall–Kier alpha value is -6.30. The number of thiazole rings is 1. The summed E-state index contributed by atoms with van der Waals surface area (Å²) in [6.07, 6.45) is 0.883. The van der Waals surface area contributed by atoms with Crippen molar-refractivity contribution in [3.63, 3.8) is 0 Å². The zero-order chi connectivity index (χ0) is 48.6. The maximum Gasteiger partial charge on any atom is 0.338 e. The molecule has 0 aliphatic rings. The number of methoxy groups -OCH3 is 3. The Morgan fingerprint density at radius 1 is 0.701 bits per heavy atom. The van der Waals surface area contributed by atoms with E-state index in [2.05, 4.69) is 22.4 Å². The zero-order valence-corrected chi connectivity index (χ0v) is 40.5. The van der Waals surface area contributed by atoms with Gasteiger partial charge in [-0.3, -0.25) is 14.7 Å². The van der Waals surface area contributed by atoms with Crippen LogP contribution in [0.2, 0.25) is 0 Å². The average molecular weight is 957 g/mol. The van der Waals surface area contributed by atoms with Crippen molar-refractivity contribution in [1.29, 1.82) is 10.5 Å². The van der Waals surface area contributed by atoms with E-state index in [9.17, 15) is 14.2 Å². The number of hydrogen-bond donors (Lipinski definition) is 1. The molecule has 0 fully saturated rings. The molecule has 356 valence electrons. The topological polar surface area (TPSA) is 207 Å². The van der Waals surface area contributed by atoms with E-state index < -0.39 is 19.5 Å². The molecule has 1 amide bonds. The van der Waals surface area contributed by atoms with Crippen LogP contribution in [0.4, 0.5) is 5.13 Å². The number of carbonyl (C=O) groups is 2. The van der Waals surface area contributed by atoms with Gasteiger partial charge < -0.3 is 42.2 Å². The minimum absolute atomic E-state index is 0.0129. The number of anilines is 1. The van der Waals surface area contributed by atoms with Gasteiger partial charge in [0, 0.05) is 50.1 Å². The zero-order valence-electron chi connectivity index (χ0n) is 38.8. The largest absolute Gasteiger partial charge is 0.493 e. The number of nitrogens with zero attached hydrogens (tertiary/aromatic N) is 3. The number of nitriles is 2. The van der Waals surface area contributed by atoms with E-state index in [1.54, 1.807) is 94.1 Å². The first-order valence-corrected chi connectivity index (χ1v) is 24.0. The van der Waals surface area contributed by atoms with Crippen molar-refractivity contribution in [3.05, 3.63) is 129 Å². The lowest BCUT2D eigenvalue weighted by molar-refractivity contribution is 0.0598. The van der Waals surface area contributed by atoms with Crippen LogP contribution in [0.1, 0.15) is 76.4 Å². The Morgan fingerprint density at radius 3 is 1.61 bits per heavy atom. The van der Waals surface area contributed by atoms with Gasteiger partial charge in [-0.25, -0.2) is 9.78 Å². The highest BCUT2D eigenvalue weighted by atomic mass is 32.1. The van der Waals surface area contributed by atoms with E-state index in [1.807, 2.05) is 38.1 Å². The van der Waals surface area contributed by atoms with Crippen molar-refractivity contribution in [3.8, 4) is 35.1 Å². The number of rotatable bonds is 25. The lowest BCUT2D eigenvalue weighted by atomic mass is 10.1. The number of carbonyl (C=O) groups excluding carboxylic acids is 2. The summed E-state index contributed by atoms with van der Waals surface area (Å²) in [4.78, 5) is 29.5. The number of hydrogen-bond acceptors (Lipinski definition) is 16. The van der Waals surface area contributed by atoms with Gasteiger partial charge in [-0.05, 0) is 87.4 Å². The van der Waals surface area contributed by atoms with Crippen LogP contribution < -0.4 is 24.3 Å². The molecule has 0 saturated carbocycles. The maximum absolute atomic E-state index is 13.2. The summed E-state index contributed by atoms with van der Waals surface area (Å²) in [5.41, 5.74) is 4.48. The van der Waals surface area contributed by atoms with E-state index in [0.29, 0.717) is 95.3 Å². The van der Waals surface area contributed by atoms with Gasteiger partial charge >= 0.3 is 13.6 Å². The molecule has 67 heavy (non-hydrogen) atoms. The normalized spacial score (nSPS) is 11.7. The van der Waals surface area contributed by atoms with Crippen molar-refractivity contribution in [2.75, 3.05) is 66.3 Å². The van der Waals surface area contributed by atoms with Crippen LogP contribution in [0.3, 0.4) is 0 Å². The SMILES string of the molecule is CCOP(=O)(Cc1csc(NC(=O)c2cc(OCCc3ccc(C#N)cc3)cc(O[C@@H](C)COC)c2)n1)OCC.COC[C@H](C)Oc1cc(OCCc2ccc(C#N)cc2)cc(C(=O)OC)c1. The first kappa shape index (κ1) is 53.3. The molecule has 16 nitrogen and oxygen atoms in total. The molecular formula is C49H57N4O12PS. The molecule has 5 rings (SSSR count). The Labute approximate surface area is 396 Å². The summed E-state index contributed by atoms with van der Waals surface area (Å²) in [6.45, 7) is 9.33. The van der Waals surface area contributed by atoms with Gasteiger partial charge in [0.2, 0.25) is 0 Å². The highest BCUT2D eigenvalue weighted by molar-refractivity contribution is 7.53. The summed E-state index contributed by atoms with van der Waals surface area (Å²) < 4.78 is 62.0. The fraction of sp³-hybridized carbons (Fsp3) is 0.367. The Bertz CT molecular complexity index is 2460. The van der Waals surface area contributed by atoms with Gasteiger partial charge in [-0.1, -0.05) is 24.3 Å². The summed E-state index contributed by atoms with van der Waals surface area (Å²) in [7, 11) is 1.20. The minimum Gasteiger partial charge on any atom is -0.493 e. The molecular weight excluding hydrogens is 900 g/mol. The van der Waals surface area contributed by atoms with E-state index in [4.69, 9.17) is 52.7 Å². The standard InChI is InChI=1S/C28H34N3O7PS.C21H23NO5/c1-5-36-39(33,37-6-2)18-24-19-40-28(30-24)31-27(32)23-13-25(15-26(14-23)38-20(3)17-34-4)35-12-11-21-7-9-22(16-29)10-8-21;1-15(14-24-2)27-20-11-18(21(23)25-3)10-19(12-20)26-9-8-16-4-6-17(13-22)7-5-16/h7-10,13-15,19-20H,5-6,11-12,17-18H2,1-4H3,(H,30,31,32);4-7,10-12,15H,8-9,14H2,1-3H3/t20-;15-/m00/s1. The molecule has 0 aliphatic carbocycles. The van der Waals surface area contributed by atoms with Gasteiger partial charge in [-0.15, -0.1) is 11.3 Å². The first-order valence-electron chi connectivity index (χ1n) is 21.4. The lowest BCUT2D eigenvalue weighted by Crippen LogP contribution is -2.19. The molecule has 0 saturated heterocycles. The highest BCUT2D eigenvalue weighted by Crippen LogP contribution is 2.51. The maximum atomic E-state index is 13.2. The van der Waals surface area contributed by atoms with Crippen LogP contribution in [-0.4, -0.2) is 90.0 Å². The monoisotopic (exact) mass is 956 g/mol. The number of ether oxygens (including phenoxy) is 7. The van der Waals surface area contributed by atoms with Gasteiger partial charge in [0.15, 0.2) is 5.13 Å². The van der Waals surface area contributed by atoms with Crippen LogP contribution >= 0.6 is 18.9 Å². The molecule has 0 spiro atoms. The molecule has 0 aliphatic heterocycles. The number of nitrogens with one attached hydrogen (secondary N) is 1. The van der Waals surface area contributed by atoms with Crippen molar-refractivity contribution in [1.82, 2.24) is 4.98 Å². The number of aromatic nitrogens is 1. The molecule has 1 aromatic heterocycles. The third-order valence-corrected chi connectivity index (χ3v) is 12.0. The summed E-state index contributed by atoms with van der Waals surface area (Å²) >= 11 is 1.21. The van der Waals surface area contributed by atoms with E-state index >= 15 is 0 Å². The van der Waals surface area contributed by atoms with Gasteiger partial charge in [0.05, 0.1) is 87.4 Å². The van der Waals surface area contributed by atoms with Crippen LogP contribution in [0, 0.1) is 22.7 Å². The van der Waals surface area contributed by atoms with Crippen LogP contribution in [-0.2, 0) is 46.8 Å². The van der Waals surface area contributed by atoms with Crippen molar-refractivity contribution < 1.29 is 56.4 Å². The van der Waals surface area contributed by atoms with Crippen LogP contribution in [0.15, 0.2) is 90.3 Å². The minimum atomic E-state index is -3.32. The second-order valence-corrected chi connectivity index (χ2v) is 17.6. The number of amides is 1. The lowest BCUT2D eigenvalue weighted by Gasteiger charge is -2.16. The molecule has 0 unspecified atom stereocenters. The predicted octanol–water partition coefficient (Wildman–Crippen LogP) is 9.45. The fourth-order valence-electron chi connectivity index (χ4n) is 6.21. The Morgan fingerprint density at radius 2 is 1.16 bits per heavy atom. The number of benzene rings is 4. The molecule has 0 bridgehead atoms. The third kappa shape index (κ3) is 18.5. The molecule has 1 heterocycles. The molecule has 18 heteroatoms.